The van der Waals surface area contributed by atoms with Gasteiger partial charge in [0.2, 0.25) is 5.91 Å². The van der Waals surface area contributed by atoms with Crippen LogP contribution in [-0.2, 0) is 9.53 Å². The van der Waals surface area contributed by atoms with Gasteiger partial charge in [-0.15, -0.1) is 24.0 Å². The molecule has 0 radical (unpaired) electrons. The van der Waals surface area contributed by atoms with Gasteiger partial charge in [0.15, 0.2) is 5.96 Å². The number of rotatable bonds is 8. The molecule has 1 atom stereocenters. The molecule has 7 nitrogen and oxygen atoms in total. The van der Waals surface area contributed by atoms with Gasteiger partial charge in [-0.05, 0) is 39.0 Å². The Balaban J connectivity index is 0.00000364. The van der Waals surface area contributed by atoms with E-state index in [0.29, 0.717) is 5.91 Å². The maximum atomic E-state index is 12.6. The number of carbonyl (C=O) groups excluding carboxylic acids is 1. The summed E-state index contributed by atoms with van der Waals surface area (Å²) in [5.74, 6) is 1.28. The molecule has 8 heteroatoms. The average molecular weight is 495 g/mol. The van der Waals surface area contributed by atoms with Crippen LogP contribution in [0.25, 0.3) is 0 Å². The van der Waals surface area contributed by atoms with Gasteiger partial charge in [-0.25, -0.2) is 0 Å². The normalized spacial score (nSPS) is 19.7. The summed E-state index contributed by atoms with van der Waals surface area (Å²) in [5.41, 5.74) is 0. The molecule has 1 unspecified atom stereocenters. The van der Waals surface area contributed by atoms with Gasteiger partial charge in [-0.3, -0.25) is 14.7 Å². The monoisotopic (exact) mass is 495 g/mol. The van der Waals surface area contributed by atoms with Gasteiger partial charge < -0.3 is 19.9 Å². The number of nitrogens with zero attached hydrogens (tertiary/aromatic N) is 4. The van der Waals surface area contributed by atoms with E-state index in [1.807, 2.05) is 11.9 Å². The molecule has 0 aromatic heterocycles. The van der Waals surface area contributed by atoms with E-state index in [4.69, 9.17) is 4.74 Å². The van der Waals surface area contributed by atoms with Crippen LogP contribution in [0.1, 0.15) is 39.0 Å². The van der Waals surface area contributed by atoms with Crippen molar-refractivity contribution in [2.45, 2.75) is 45.1 Å². The summed E-state index contributed by atoms with van der Waals surface area (Å²) in [6.07, 6.45) is 5.71. The molecule has 158 valence electrons. The van der Waals surface area contributed by atoms with E-state index in [9.17, 15) is 4.79 Å². The van der Waals surface area contributed by atoms with Crippen LogP contribution < -0.4 is 5.32 Å². The average Bonchev–Trinajstić information content (AvgIpc) is 3.21. The number of ether oxygens (including phenoxy) is 1. The van der Waals surface area contributed by atoms with Crippen molar-refractivity contribution in [3.8, 4) is 0 Å². The standard InChI is InChI=1S/C19H37N5O2.HI/c1-17(18(25)23-10-6-7-11-23)22-12-14-24(15-13-22)19(20-2)21-9-5-4-8-16-26-3;/h17H,4-16H2,1-3H3,(H,20,21);1H. The Hall–Kier alpha value is -0.610. The zero-order valence-electron chi connectivity index (χ0n) is 17.3. The molecule has 2 saturated heterocycles. The highest BCUT2D eigenvalue weighted by molar-refractivity contribution is 14.0. The molecule has 0 aliphatic carbocycles. The minimum absolute atomic E-state index is 0. The lowest BCUT2D eigenvalue weighted by Crippen LogP contribution is -2.57. The van der Waals surface area contributed by atoms with Gasteiger partial charge in [0.25, 0.3) is 0 Å². The summed E-state index contributed by atoms with van der Waals surface area (Å²) in [6.45, 7) is 9.37. The summed E-state index contributed by atoms with van der Waals surface area (Å²) < 4.78 is 5.08. The highest BCUT2D eigenvalue weighted by Gasteiger charge is 2.30. The molecule has 2 fully saturated rings. The fourth-order valence-corrected chi connectivity index (χ4v) is 3.76. The van der Waals surface area contributed by atoms with Crippen molar-refractivity contribution in [3.05, 3.63) is 0 Å². The van der Waals surface area contributed by atoms with Gasteiger partial charge in [-0.2, -0.15) is 0 Å². The Labute approximate surface area is 181 Å². The van der Waals surface area contributed by atoms with Crippen LogP contribution in [0, 0.1) is 0 Å². The molecular weight excluding hydrogens is 457 g/mol. The number of unbranched alkanes of at least 4 members (excludes halogenated alkanes) is 2. The third-order valence-electron chi connectivity index (χ3n) is 5.46. The molecule has 0 aromatic rings. The van der Waals surface area contributed by atoms with Gasteiger partial charge in [-0.1, -0.05) is 0 Å². The third-order valence-corrected chi connectivity index (χ3v) is 5.46. The van der Waals surface area contributed by atoms with E-state index in [1.54, 1.807) is 7.11 Å². The third kappa shape index (κ3) is 7.73. The van der Waals surface area contributed by atoms with Crippen LogP contribution >= 0.6 is 24.0 Å². The SMILES string of the molecule is CN=C(NCCCCCOC)N1CCN(C(C)C(=O)N2CCCC2)CC1.I. The quantitative estimate of drug-likeness (QED) is 0.240. The van der Waals surface area contributed by atoms with Gasteiger partial charge in [0.1, 0.15) is 0 Å². The molecule has 27 heavy (non-hydrogen) atoms. The van der Waals surface area contributed by atoms with E-state index in [1.165, 1.54) is 6.42 Å². The summed E-state index contributed by atoms with van der Waals surface area (Å²) in [7, 11) is 3.60. The minimum atomic E-state index is -0.00832. The lowest BCUT2D eigenvalue weighted by molar-refractivity contribution is -0.135. The predicted molar refractivity (Wildman–Crippen MR) is 121 cm³/mol. The number of aliphatic imine (C=N–C) groups is 1. The highest BCUT2D eigenvalue weighted by Crippen LogP contribution is 2.14. The molecule has 2 aliphatic heterocycles. The predicted octanol–water partition coefficient (Wildman–Crippen LogP) is 1.63. The van der Waals surface area contributed by atoms with E-state index in [2.05, 4.69) is 27.0 Å². The fourth-order valence-electron chi connectivity index (χ4n) is 3.76. The lowest BCUT2D eigenvalue weighted by Gasteiger charge is -2.39. The number of methoxy groups -OCH3 is 1. The van der Waals surface area contributed by atoms with Crippen molar-refractivity contribution >= 4 is 35.8 Å². The smallest absolute Gasteiger partial charge is 0.239 e. The van der Waals surface area contributed by atoms with E-state index in [0.717, 1.165) is 84.1 Å². The van der Waals surface area contributed by atoms with Crippen molar-refractivity contribution in [1.29, 1.82) is 0 Å². The lowest BCUT2D eigenvalue weighted by atomic mass is 10.2. The summed E-state index contributed by atoms with van der Waals surface area (Å²) >= 11 is 0. The Morgan fingerprint density at radius 3 is 2.30 bits per heavy atom. The molecule has 2 rings (SSSR count). The molecule has 1 N–H and O–H groups in total. The molecule has 0 saturated carbocycles. The largest absolute Gasteiger partial charge is 0.385 e. The van der Waals surface area contributed by atoms with Crippen LogP contribution in [0.5, 0.6) is 0 Å². The zero-order chi connectivity index (χ0) is 18.8. The van der Waals surface area contributed by atoms with Crippen LogP contribution in [0.2, 0.25) is 0 Å². The number of likely N-dealkylation sites (tertiary alicyclic amines) is 1. The topological polar surface area (TPSA) is 60.4 Å². The Bertz CT molecular complexity index is 449. The number of halogens is 1. The first kappa shape index (κ1) is 24.4. The number of carbonyl (C=O) groups is 1. The van der Waals surface area contributed by atoms with Crippen LogP contribution in [0.3, 0.4) is 0 Å². The molecule has 0 spiro atoms. The number of hydrogen-bond donors (Lipinski definition) is 1. The van der Waals surface area contributed by atoms with Gasteiger partial charge in [0.05, 0.1) is 6.04 Å². The first-order valence-electron chi connectivity index (χ1n) is 10.1. The van der Waals surface area contributed by atoms with Crippen molar-refractivity contribution < 1.29 is 9.53 Å². The molecule has 2 heterocycles. The summed E-state index contributed by atoms with van der Waals surface area (Å²) in [5, 5.41) is 3.47. The molecular formula is C19H38IN5O2. The zero-order valence-corrected chi connectivity index (χ0v) is 19.6. The molecule has 0 aromatic carbocycles. The second-order valence-corrected chi connectivity index (χ2v) is 7.26. The second-order valence-electron chi connectivity index (χ2n) is 7.26. The van der Waals surface area contributed by atoms with E-state index in [-0.39, 0.29) is 30.0 Å². The van der Waals surface area contributed by atoms with Crippen molar-refractivity contribution in [3.63, 3.8) is 0 Å². The van der Waals surface area contributed by atoms with Crippen molar-refractivity contribution in [2.24, 2.45) is 4.99 Å². The van der Waals surface area contributed by atoms with Gasteiger partial charge in [0, 0.05) is 66.6 Å². The minimum Gasteiger partial charge on any atom is -0.385 e. The van der Waals surface area contributed by atoms with E-state index >= 15 is 0 Å². The van der Waals surface area contributed by atoms with E-state index < -0.39 is 0 Å². The Morgan fingerprint density at radius 1 is 1.04 bits per heavy atom. The number of hydrogen-bond acceptors (Lipinski definition) is 4. The molecule has 1 amide bonds. The first-order valence-corrected chi connectivity index (χ1v) is 10.1. The van der Waals surface area contributed by atoms with Crippen molar-refractivity contribution in [1.82, 2.24) is 20.0 Å². The Kier molecular flexibility index (Phi) is 12.3. The molecule has 2 aliphatic rings. The first-order chi connectivity index (χ1) is 12.7. The Morgan fingerprint density at radius 2 is 1.70 bits per heavy atom. The second kappa shape index (κ2) is 13.5. The maximum Gasteiger partial charge on any atom is 0.239 e. The summed E-state index contributed by atoms with van der Waals surface area (Å²) in [4.78, 5) is 23.7. The molecule has 0 bridgehead atoms. The number of nitrogens with one attached hydrogen (secondary N) is 1. The van der Waals surface area contributed by atoms with Crippen LogP contribution in [0.15, 0.2) is 4.99 Å². The highest BCUT2D eigenvalue weighted by atomic mass is 127. The number of piperazine rings is 1. The summed E-state index contributed by atoms with van der Waals surface area (Å²) in [6, 6.07) is -0.00832. The van der Waals surface area contributed by atoms with Crippen molar-refractivity contribution in [2.75, 3.05) is 66.6 Å². The number of amides is 1. The van der Waals surface area contributed by atoms with Crippen LogP contribution in [0.4, 0.5) is 0 Å². The number of guanidine groups is 1. The fraction of sp³-hybridized carbons (Fsp3) is 0.895. The van der Waals surface area contributed by atoms with Crippen LogP contribution in [-0.4, -0.2) is 99.2 Å². The van der Waals surface area contributed by atoms with Gasteiger partial charge >= 0.3 is 0 Å². The maximum absolute atomic E-state index is 12.6.